The van der Waals surface area contributed by atoms with Gasteiger partial charge in [-0.2, -0.15) is 13.2 Å². The standard InChI is InChI=1S/C16H15F3N2O5/c1-25-12(26-2)8-21-13(20-7-11(14(21)22)15(23)24)9-3-5-10(6-4-9)16(17,18)19/h3-7,12H,8H2,1-2H3,(H,23,24). The minimum absolute atomic E-state index is 0.00664. The summed E-state index contributed by atoms with van der Waals surface area (Å²) in [6, 6.07) is 3.99. The number of rotatable bonds is 6. The predicted octanol–water partition coefficient (Wildman–Crippen LogP) is 2.25. The summed E-state index contributed by atoms with van der Waals surface area (Å²) in [5, 5.41) is 9.09. The molecule has 2 rings (SSSR count). The van der Waals surface area contributed by atoms with E-state index >= 15 is 0 Å². The van der Waals surface area contributed by atoms with Gasteiger partial charge >= 0.3 is 12.1 Å². The highest BCUT2D eigenvalue weighted by atomic mass is 19.4. The number of carboxylic acid groups (broad SMARTS) is 1. The molecule has 0 atom stereocenters. The predicted molar refractivity (Wildman–Crippen MR) is 83.7 cm³/mol. The number of aromatic nitrogens is 2. The van der Waals surface area contributed by atoms with Crippen LogP contribution in [-0.4, -0.2) is 41.1 Å². The number of halogens is 3. The van der Waals surface area contributed by atoms with Gasteiger partial charge in [0.2, 0.25) is 0 Å². The van der Waals surface area contributed by atoms with Gasteiger partial charge in [0.05, 0.1) is 12.1 Å². The molecule has 0 aliphatic heterocycles. The van der Waals surface area contributed by atoms with Crippen LogP contribution in [0.5, 0.6) is 0 Å². The summed E-state index contributed by atoms with van der Waals surface area (Å²) in [6.45, 7) is -0.198. The fourth-order valence-electron chi connectivity index (χ4n) is 2.24. The average Bonchev–Trinajstić information content (AvgIpc) is 2.59. The van der Waals surface area contributed by atoms with Crippen LogP contribution in [0.25, 0.3) is 11.4 Å². The number of alkyl halides is 3. The van der Waals surface area contributed by atoms with Crippen LogP contribution in [0.3, 0.4) is 0 Å². The molecule has 1 heterocycles. The molecule has 140 valence electrons. The molecule has 0 fully saturated rings. The lowest BCUT2D eigenvalue weighted by Gasteiger charge is -2.18. The fourth-order valence-corrected chi connectivity index (χ4v) is 2.24. The smallest absolute Gasteiger partial charge is 0.416 e. The molecule has 0 radical (unpaired) electrons. The van der Waals surface area contributed by atoms with Crippen molar-refractivity contribution in [2.24, 2.45) is 0 Å². The molecule has 0 saturated carbocycles. The van der Waals surface area contributed by atoms with E-state index in [1.54, 1.807) is 0 Å². The minimum atomic E-state index is -4.50. The van der Waals surface area contributed by atoms with Crippen molar-refractivity contribution in [2.75, 3.05) is 14.2 Å². The number of nitrogens with zero attached hydrogens (tertiary/aromatic N) is 2. The van der Waals surface area contributed by atoms with Gasteiger partial charge < -0.3 is 14.6 Å². The number of hydrogen-bond donors (Lipinski definition) is 1. The quantitative estimate of drug-likeness (QED) is 0.782. The normalized spacial score (nSPS) is 11.8. The monoisotopic (exact) mass is 372 g/mol. The number of ether oxygens (including phenoxy) is 2. The number of hydrogen-bond acceptors (Lipinski definition) is 5. The van der Waals surface area contributed by atoms with Crippen molar-refractivity contribution < 1.29 is 32.5 Å². The second-order valence-corrected chi connectivity index (χ2v) is 5.19. The number of carboxylic acids is 1. The molecule has 0 aliphatic rings. The third-order valence-electron chi connectivity index (χ3n) is 3.61. The first-order valence-electron chi connectivity index (χ1n) is 7.25. The highest BCUT2D eigenvalue weighted by Gasteiger charge is 2.30. The summed E-state index contributed by atoms with van der Waals surface area (Å²) < 4.78 is 49.1. The fraction of sp³-hybridized carbons (Fsp3) is 0.312. The van der Waals surface area contributed by atoms with Crippen molar-refractivity contribution >= 4 is 5.97 Å². The van der Waals surface area contributed by atoms with Crippen molar-refractivity contribution in [2.45, 2.75) is 19.0 Å². The number of methoxy groups -OCH3 is 2. The zero-order chi connectivity index (χ0) is 19.5. The Morgan fingerprint density at radius 1 is 1.23 bits per heavy atom. The summed E-state index contributed by atoms with van der Waals surface area (Å²) >= 11 is 0. The largest absolute Gasteiger partial charge is 0.477 e. The average molecular weight is 372 g/mol. The van der Waals surface area contributed by atoms with E-state index in [0.717, 1.165) is 35.0 Å². The summed E-state index contributed by atoms with van der Waals surface area (Å²) in [6.07, 6.45) is -4.52. The van der Waals surface area contributed by atoms with Crippen molar-refractivity contribution in [1.82, 2.24) is 9.55 Å². The van der Waals surface area contributed by atoms with Gasteiger partial charge in [0.1, 0.15) is 11.4 Å². The van der Waals surface area contributed by atoms with Crippen molar-refractivity contribution in [3.8, 4) is 11.4 Å². The Labute approximate surface area is 145 Å². The molecule has 0 amide bonds. The third-order valence-corrected chi connectivity index (χ3v) is 3.61. The molecule has 10 heteroatoms. The molecule has 0 bridgehead atoms. The zero-order valence-electron chi connectivity index (χ0n) is 13.8. The Morgan fingerprint density at radius 2 is 1.81 bits per heavy atom. The van der Waals surface area contributed by atoms with Gasteiger partial charge in [-0.05, 0) is 12.1 Å². The van der Waals surface area contributed by atoms with Gasteiger partial charge in [0.25, 0.3) is 5.56 Å². The highest BCUT2D eigenvalue weighted by Crippen LogP contribution is 2.30. The van der Waals surface area contributed by atoms with Crippen LogP contribution in [-0.2, 0) is 22.2 Å². The van der Waals surface area contributed by atoms with Crippen LogP contribution in [0.15, 0.2) is 35.3 Å². The maximum atomic E-state index is 12.7. The number of aromatic carboxylic acids is 1. The van der Waals surface area contributed by atoms with Crippen LogP contribution in [0.2, 0.25) is 0 Å². The lowest BCUT2D eigenvalue weighted by molar-refractivity contribution is -0.137. The Hall–Kier alpha value is -2.72. The zero-order valence-corrected chi connectivity index (χ0v) is 13.8. The van der Waals surface area contributed by atoms with Gasteiger partial charge in [-0.15, -0.1) is 0 Å². The van der Waals surface area contributed by atoms with Crippen LogP contribution in [0.4, 0.5) is 13.2 Å². The van der Waals surface area contributed by atoms with Gasteiger partial charge in [-0.25, -0.2) is 9.78 Å². The molecule has 0 unspecified atom stereocenters. The summed E-state index contributed by atoms with van der Waals surface area (Å²) in [4.78, 5) is 27.5. The van der Waals surface area contributed by atoms with Crippen molar-refractivity contribution in [1.29, 1.82) is 0 Å². The third kappa shape index (κ3) is 4.09. The van der Waals surface area contributed by atoms with Crippen LogP contribution in [0.1, 0.15) is 15.9 Å². The molecule has 1 aromatic carbocycles. The van der Waals surface area contributed by atoms with E-state index in [4.69, 9.17) is 14.6 Å². The van der Waals surface area contributed by atoms with E-state index in [-0.39, 0.29) is 17.9 Å². The first kappa shape index (κ1) is 19.6. The molecular weight excluding hydrogens is 357 g/mol. The second-order valence-electron chi connectivity index (χ2n) is 5.19. The summed E-state index contributed by atoms with van der Waals surface area (Å²) in [5.41, 5.74) is -2.10. The first-order chi connectivity index (χ1) is 12.2. The minimum Gasteiger partial charge on any atom is -0.477 e. The number of benzene rings is 1. The maximum Gasteiger partial charge on any atom is 0.416 e. The van der Waals surface area contributed by atoms with Gasteiger partial charge in [0.15, 0.2) is 6.29 Å². The number of carbonyl (C=O) groups is 1. The van der Waals surface area contributed by atoms with Gasteiger partial charge in [-0.3, -0.25) is 9.36 Å². The molecule has 1 aromatic heterocycles. The van der Waals surface area contributed by atoms with E-state index < -0.39 is 35.1 Å². The molecule has 26 heavy (non-hydrogen) atoms. The van der Waals surface area contributed by atoms with Crippen molar-refractivity contribution in [3.63, 3.8) is 0 Å². The van der Waals surface area contributed by atoms with Crippen molar-refractivity contribution in [3.05, 3.63) is 51.9 Å². The molecule has 0 spiro atoms. The molecule has 2 aromatic rings. The maximum absolute atomic E-state index is 12.7. The Morgan fingerprint density at radius 3 is 2.27 bits per heavy atom. The SMILES string of the molecule is COC(Cn1c(-c2ccc(C(F)(F)F)cc2)ncc(C(=O)O)c1=O)OC. The molecule has 0 aliphatic carbocycles. The molecule has 1 N–H and O–H groups in total. The lowest BCUT2D eigenvalue weighted by Crippen LogP contribution is -2.33. The van der Waals surface area contributed by atoms with Gasteiger partial charge in [-0.1, -0.05) is 12.1 Å². The summed E-state index contributed by atoms with van der Waals surface area (Å²) in [5.74, 6) is -1.48. The van der Waals surface area contributed by atoms with Crippen LogP contribution < -0.4 is 5.56 Å². The first-order valence-corrected chi connectivity index (χ1v) is 7.25. The van der Waals surface area contributed by atoms with E-state index in [2.05, 4.69) is 4.98 Å². The van der Waals surface area contributed by atoms with Crippen LogP contribution >= 0.6 is 0 Å². The molecule has 7 nitrogen and oxygen atoms in total. The van der Waals surface area contributed by atoms with E-state index in [0.29, 0.717) is 0 Å². The Bertz CT molecular complexity index is 842. The van der Waals surface area contributed by atoms with Gasteiger partial charge in [0, 0.05) is 26.0 Å². The molecule has 0 saturated heterocycles. The Kier molecular flexibility index (Phi) is 5.78. The highest BCUT2D eigenvalue weighted by molar-refractivity contribution is 5.87. The lowest BCUT2D eigenvalue weighted by atomic mass is 10.1. The second kappa shape index (κ2) is 7.67. The molecular formula is C16H15F3N2O5. The van der Waals surface area contributed by atoms with E-state index in [9.17, 15) is 22.8 Å². The Balaban J connectivity index is 2.58. The van der Waals surface area contributed by atoms with E-state index in [1.807, 2.05) is 0 Å². The van der Waals surface area contributed by atoms with E-state index in [1.165, 1.54) is 14.2 Å². The van der Waals surface area contributed by atoms with Crippen LogP contribution in [0, 0.1) is 0 Å². The topological polar surface area (TPSA) is 90.7 Å². The summed E-state index contributed by atoms with van der Waals surface area (Å²) in [7, 11) is 2.65.